The highest BCUT2D eigenvalue weighted by Gasteiger charge is 2.14. The van der Waals surface area contributed by atoms with Gasteiger partial charge in [0.1, 0.15) is 11.5 Å². The van der Waals surface area contributed by atoms with Crippen molar-refractivity contribution < 1.29 is 14.3 Å². The minimum absolute atomic E-state index is 0.0627. The van der Waals surface area contributed by atoms with E-state index in [0.717, 1.165) is 50.4 Å². The van der Waals surface area contributed by atoms with E-state index in [-0.39, 0.29) is 10.8 Å². The number of H-pyrrole nitrogens is 1. The number of ether oxygens (including phenoxy) is 1. The van der Waals surface area contributed by atoms with Crippen LogP contribution in [-0.2, 0) is 12.8 Å². The fourth-order valence-corrected chi connectivity index (χ4v) is 4.63. The summed E-state index contributed by atoms with van der Waals surface area (Å²) >= 11 is 1.03. The Kier molecular flexibility index (Phi) is 5.71. The number of aromatic hydroxyl groups is 1. The van der Waals surface area contributed by atoms with E-state index in [4.69, 9.17) is 9.15 Å². The van der Waals surface area contributed by atoms with Gasteiger partial charge in [0.25, 0.3) is 0 Å². The summed E-state index contributed by atoms with van der Waals surface area (Å²) < 4.78 is 12.0. The van der Waals surface area contributed by atoms with Crippen LogP contribution in [-0.4, -0.2) is 21.7 Å². The average molecular weight is 459 g/mol. The second kappa shape index (κ2) is 8.96. The van der Waals surface area contributed by atoms with Gasteiger partial charge in [-0.05, 0) is 36.1 Å². The molecule has 3 aromatic carbocycles. The second-order valence-corrected chi connectivity index (χ2v) is 8.79. The molecule has 0 radical (unpaired) electrons. The van der Waals surface area contributed by atoms with Gasteiger partial charge >= 0.3 is 4.87 Å². The number of thiazole rings is 1. The first-order valence-electron chi connectivity index (χ1n) is 10.6. The van der Waals surface area contributed by atoms with Crippen LogP contribution in [0, 0.1) is 6.92 Å². The zero-order chi connectivity index (χ0) is 22.8. The lowest BCUT2D eigenvalue weighted by atomic mass is 10.0. The molecule has 0 saturated carbocycles. The Morgan fingerprint density at radius 3 is 2.55 bits per heavy atom. The number of rotatable bonds is 7. The minimum atomic E-state index is -0.259. The van der Waals surface area contributed by atoms with Gasteiger partial charge in [-0.1, -0.05) is 59.9 Å². The number of nitrogens with zero attached hydrogens (tertiary/aromatic N) is 1. The highest BCUT2D eigenvalue weighted by atomic mass is 32.1. The van der Waals surface area contributed by atoms with Crippen molar-refractivity contribution in [3.05, 3.63) is 98.3 Å². The zero-order valence-corrected chi connectivity index (χ0v) is 18.8. The molecule has 0 aliphatic carbocycles. The molecule has 0 fully saturated rings. The lowest BCUT2D eigenvalue weighted by molar-refractivity contribution is 0.323. The second-order valence-electron chi connectivity index (χ2n) is 7.72. The molecule has 0 saturated heterocycles. The van der Waals surface area contributed by atoms with Crippen molar-refractivity contribution in [2.45, 2.75) is 19.8 Å². The van der Waals surface area contributed by atoms with Crippen LogP contribution in [0.5, 0.6) is 11.6 Å². The molecule has 166 valence electrons. The SMILES string of the molecule is Cc1oc(-c2ccccc2)nc1CCOc1ccc(Cc2sc(=O)[nH]c2O)c2ccccc12. The third kappa shape index (κ3) is 4.40. The van der Waals surface area contributed by atoms with Crippen LogP contribution in [0.15, 0.2) is 75.9 Å². The number of aromatic nitrogens is 2. The molecular weight excluding hydrogens is 436 g/mol. The Labute approximate surface area is 194 Å². The van der Waals surface area contributed by atoms with E-state index >= 15 is 0 Å². The van der Waals surface area contributed by atoms with Crippen LogP contribution < -0.4 is 9.61 Å². The Bertz CT molecular complexity index is 1470. The Balaban J connectivity index is 1.34. The summed E-state index contributed by atoms with van der Waals surface area (Å²) in [7, 11) is 0. The summed E-state index contributed by atoms with van der Waals surface area (Å²) in [5.74, 6) is 2.13. The first-order valence-corrected chi connectivity index (χ1v) is 11.5. The summed E-state index contributed by atoms with van der Waals surface area (Å²) in [6, 6.07) is 21.8. The summed E-state index contributed by atoms with van der Waals surface area (Å²) in [6.07, 6.45) is 1.10. The summed E-state index contributed by atoms with van der Waals surface area (Å²) in [6.45, 7) is 2.38. The van der Waals surface area contributed by atoms with Gasteiger partial charge in [0.05, 0.1) is 17.2 Å². The molecule has 0 atom stereocenters. The molecule has 0 spiro atoms. The lowest BCUT2D eigenvalue weighted by Gasteiger charge is -2.12. The molecule has 5 aromatic rings. The van der Waals surface area contributed by atoms with Crippen molar-refractivity contribution in [1.82, 2.24) is 9.97 Å². The highest BCUT2D eigenvalue weighted by molar-refractivity contribution is 7.09. The Hall–Kier alpha value is -3.84. The van der Waals surface area contributed by atoms with Gasteiger partial charge in [-0.2, -0.15) is 0 Å². The Morgan fingerprint density at radius 2 is 1.79 bits per heavy atom. The van der Waals surface area contributed by atoms with E-state index in [1.54, 1.807) is 0 Å². The van der Waals surface area contributed by atoms with Crippen molar-refractivity contribution >= 4 is 22.1 Å². The molecule has 0 aliphatic rings. The van der Waals surface area contributed by atoms with E-state index in [9.17, 15) is 9.90 Å². The summed E-state index contributed by atoms with van der Waals surface area (Å²) in [5, 5.41) is 12.0. The maximum atomic E-state index is 11.5. The van der Waals surface area contributed by atoms with Crippen LogP contribution in [0.25, 0.3) is 22.2 Å². The van der Waals surface area contributed by atoms with Gasteiger partial charge in [-0.25, -0.2) is 4.98 Å². The molecule has 7 heteroatoms. The number of nitrogens with one attached hydrogen (secondary N) is 1. The van der Waals surface area contributed by atoms with Crippen LogP contribution in [0.3, 0.4) is 0 Å². The molecule has 2 aromatic heterocycles. The van der Waals surface area contributed by atoms with Gasteiger partial charge in [-0.15, -0.1) is 0 Å². The number of hydrogen-bond acceptors (Lipinski definition) is 6. The normalized spacial score (nSPS) is 11.2. The van der Waals surface area contributed by atoms with E-state index in [0.29, 0.717) is 30.2 Å². The number of hydrogen-bond donors (Lipinski definition) is 2. The number of fused-ring (bicyclic) bond motifs is 1. The van der Waals surface area contributed by atoms with Crippen molar-refractivity contribution in [2.75, 3.05) is 6.61 Å². The van der Waals surface area contributed by atoms with Crippen LogP contribution >= 0.6 is 11.3 Å². The monoisotopic (exact) mass is 458 g/mol. The molecule has 2 heterocycles. The molecular formula is C26H22N2O4S. The van der Waals surface area contributed by atoms with E-state index in [2.05, 4.69) is 9.97 Å². The van der Waals surface area contributed by atoms with Gasteiger partial charge in [0, 0.05) is 23.8 Å². The topological polar surface area (TPSA) is 88.4 Å². The van der Waals surface area contributed by atoms with Crippen LogP contribution in [0.1, 0.15) is 21.9 Å². The van der Waals surface area contributed by atoms with Crippen LogP contribution in [0.4, 0.5) is 0 Å². The number of benzene rings is 3. The molecule has 0 bridgehead atoms. The molecule has 0 aliphatic heterocycles. The largest absolute Gasteiger partial charge is 0.494 e. The highest BCUT2D eigenvalue weighted by Crippen LogP contribution is 2.32. The maximum absolute atomic E-state index is 11.5. The molecule has 33 heavy (non-hydrogen) atoms. The van der Waals surface area contributed by atoms with E-state index in [1.807, 2.05) is 73.7 Å². The first-order chi connectivity index (χ1) is 16.1. The lowest BCUT2D eigenvalue weighted by Crippen LogP contribution is -2.03. The maximum Gasteiger partial charge on any atom is 0.307 e. The van der Waals surface area contributed by atoms with Gasteiger partial charge in [-0.3, -0.25) is 9.78 Å². The summed E-state index contributed by atoms with van der Waals surface area (Å²) in [4.78, 5) is 19.0. The zero-order valence-electron chi connectivity index (χ0n) is 18.0. The minimum Gasteiger partial charge on any atom is -0.494 e. The van der Waals surface area contributed by atoms with Gasteiger partial charge < -0.3 is 14.3 Å². The van der Waals surface area contributed by atoms with Crippen molar-refractivity contribution in [3.63, 3.8) is 0 Å². The number of oxazole rings is 1. The smallest absolute Gasteiger partial charge is 0.307 e. The average Bonchev–Trinajstić information content (AvgIpc) is 3.36. The molecule has 6 nitrogen and oxygen atoms in total. The summed E-state index contributed by atoms with van der Waals surface area (Å²) in [5.41, 5.74) is 2.85. The third-order valence-corrected chi connectivity index (χ3v) is 6.41. The van der Waals surface area contributed by atoms with Crippen molar-refractivity contribution in [2.24, 2.45) is 0 Å². The van der Waals surface area contributed by atoms with Crippen molar-refractivity contribution in [3.8, 4) is 23.1 Å². The van der Waals surface area contributed by atoms with Gasteiger partial charge in [0.15, 0.2) is 0 Å². The Morgan fingerprint density at radius 1 is 1.03 bits per heavy atom. The molecule has 2 N–H and O–H groups in total. The number of aryl methyl sites for hydroxylation is 1. The van der Waals surface area contributed by atoms with Crippen molar-refractivity contribution in [1.29, 1.82) is 0 Å². The predicted octanol–water partition coefficient (Wildman–Crippen LogP) is 5.47. The van der Waals surface area contributed by atoms with Gasteiger partial charge in [0.2, 0.25) is 11.8 Å². The van der Waals surface area contributed by atoms with E-state index in [1.165, 1.54) is 0 Å². The molecule has 5 rings (SSSR count). The third-order valence-electron chi connectivity index (χ3n) is 5.54. The fourth-order valence-electron chi connectivity index (χ4n) is 3.88. The predicted molar refractivity (Wildman–Crippen MR) is 129 cm³/mol. The van der Waals surface area contributed by atoms with Crippen LogP contribution in [0.2, 0.25) is 0 Å². The quantitative estimate of drug-likeness (QED) is 0.338. The standard InChI is InChI=1S/C26H22N2O4S/c1-16-21(27-25(32-16)17-7-3-2-4-8-17)13-14-31-22-12-11-18(19-9-5-6-10-20(19)22)15-23-24(29)28-26(30)33-23/h2-12,29H,13-15H2,1H3,(H,28,30). The fraction of sp³-hybridized carbons (Fsp3) is 0.154. The molecule has 0 unspecified atom stereocenters. The van der Waals surface area contributed by atoms with E-state index < -0.39 is 0 Å². The molecule has 0 amide bonds. The first kappa shape index (κ1) is 21.0. The number of aromatic amines is 1.